The molecular formula is C18H24N4O4. The number of nitrogens with zero attached hydrogens (tertiary/aromatic N) is 2. The largest absolute Gasteiger partial charge is 0.848 e. The summed E-state index contributed by atoms with van der Waals surface area (Å²) in [6.07, 6.45) is 1.32. The van der Waals surface area contributed by atoms with Gasteiger partial charge in [0.1, 0.15) is 5.57 Å². The molecular weight excluding hydrogens is 336 g/mol. The van der Waals surface area contributed by atoms with E-state index in [2.05, 4.69) is 10.2 Å². The van der Waals surface area contributed by atoms with Gasteiger partial charge in [-0.3, -0.25) is 24.2 Å². The molecule has 2 aliphatic rings. The zero-order valence-corrected chi connectivity index (χ0v) is 15.5. The first kappa shape index (κ1) is 18.3. The topological polar surface area (TPSA) is 112 Å². The van der Waals surface area contributed by atoms with Crippen LogP contribution in [0.5, 0.6) is 0 Å². The molecule has 1 aromatic heterocycles. The number of ketones is 1. The van der Waals surface area contributed by atoms with Crippen LogP contribution in [0.1, 0.15) is 50.3 Å². The molecule has 1 saturated carbocycles. The highest BCUT2D eigenvalue weighted by molar-refractivity contribution is 6.28. The monoisotopic (exact) mass is 360 g/mol. The number of aromatic amines is 1. The Morgan fingerprint density at radius 3 is 2.35 bits per heavy atom. The number of rotatable bonds is 5. The number of aryl methyl sites for hydroxylation is 2. The van der Waals surface area contributed by atoms with Crippen LogP contribution in [0.15, 0.2) is 15.9 Å². The zero-order chi connectivity index (χ0) is 19.2. The number of Topliss-reactive ketones (excluding diaryl/α,β-unsaturated/α-hetero) is 1. The van der Waals surface area contributed by atoms with Crippen LogP contribution >= 0.6 is 0 Å². The maximum Gasteiger partial charge on any atom is 0.314 e. The lowest BCUT2D eigenvalue weighted by molar-refractivity contribution is -0.610. The number of amides is 1. The highest BCUT2D eigenvalue weighted by Gasteiger charge is 2.48. The van der Waals surface area contributed by atoms with Gasteiger partial charge in [0, 0.05) is 36.2 Å². The molecule has 140 valence electrons. The summed E-state index contributed by atoms with van der Waals surface area (Å²) in [5.74, 6) is -1.80. The van der Waals surface area contributed by atoms with E-state index < -0.39 is 17.8 Å². The van der Waals surface area contributed by atoms with Gasteiger partial charge < -0.3 is 5.11 Å². The van der Waals surface area contributed by atoms with Gasteiger partial charge in [-0.1, -0.05) is 26.4 Å². The Balaban J connectivity index is 2.04. The lowest BCUT2D eigenvalue weighted by Gasteiger charge is -2.43. The quantitative estimate of drug-likeness (QED) is 0.595. The molecule has 8 heteroatoms. The van der Waals surface area contributed by atoms with Crippen molar-refractivity contribution in [1.29, 1.82) is 0 Å². The molecule has 3 rings (SSSR count). The van der Waals surface area contributed by atoms with Crippen LogP contribution in [0.25, 0.3) is 0 Å². The van der Waals surface area contributed by atoms with Crippen molar-refractivity contribution in [2.45, 2.75) is 51.6 Å². The summed E-state index contributed by atoms with van der Waals surface area (Å²) in [4.78, 5) is 37.7. The van der Waals surface area contributed by atoms with Crippen molar-refractivity contribution in [3.8, 4) is 0 Å². The van der Waals surface area contributed by atoms with Crippen molar-refractivity contribution in [1.82, 2.24) is 14.8 Å². The maximum absolute atomic E-state index is 12.9. The molecule has 0 bridgehead atoms. The standard InChI is InChI=1S/C18H23N4O4/c1-5-7-9-11(17(25)21(3)19-9)13-15(23)14(16(13)24)12-10(8-6-2)20-22(4)18(12)26/h13,15,19H,5-8H2,1-4H3/q-1/p+1. The molecule has 0 spiro atoms. The average molecular weight is 360 g/mol. The number of carbonyl (C=O) groups excluding carboxylic acids is 2. The van der Waals surface area contributed by atoms with Gasteiger partial charge in [-0.05, 0) is 12.8 Å². The van der Waals surface area contributed by atoms with E-state index in [1.54, 1.807) is 14.1 Å². The molecule has 0 aromatic carbocycles. The minimum Gasteiger partial charge on any atom is -0.848 e. The average Bonchev–Trinajstić information content (AvgIpc) is 3.01. The number of nitrogens with one attached hydrogen (secondary N) is 2. The van der Waals surface area contributed by atoms with E-state index in [1.807, 2.05) is 13.8 Å². The van der Waals surface area contributed by atoms with Crippen molar-refractivity contribution in [3.63, 3.8) is 0 Å². The maximum atomic E-state index is 12.9. The minimum absolute atomic E-state index is 0.00556. The first-order chi connectivity index (χ1) is 12.3. The first-order valence-corrected chi connectivity index (χ1v) is 8.96. The summed E-state index contributed by atoms with van der Waals surface area (Å²) in [5.41, 5.74) is 1.35. The van der Waals surface area contributed by atoms with E-state index in [9.17, 15) is 19.5 Å². The van der Waals surface area contributed by atoms with Gasteiger partial charge in [0.2, 0.25) is 5.71 Å². The second-order valence-electron chi connectivity index (χ2n) is 6.87. The van der Waals surface area contributed by atoms with Gasteiger partial charge in [0.05, 0.1) is 7.05 Å². The van der Waals surface area contributed by atoms with E-state index in [1.165, 1.54) is 9.69 Å². The van der Waals surface area contributed by atoms with E-state index in [-0.39, 0.29) is 28.2 Å². The zero-order valence-electron chi connectivity index (χ0n) is 15.5. The van der Waals surface area contributed by atoms with Crippen LogP contribution in [-0.2, 0) is 23.1 Å². The summed E-state index contributed by atoms with van der Waals surface area (Å²) in [7, 11) is 3.13. The van der Waals surface area contributed by atoms with Crippen molar-refractivity contribution >= 4 is 17.4 Å². The highest BCUT2D eigenvalue weighted by atomic mass is 16.3. The van der Waals surface area contributed by atoms with Crippen molar-refractivity contribution in [3.05, 3.63) is 32.8 Å². The van der Waals surface area contributed by atoms with E-state index in [0.29, 0.717) is 24.2 Å². The number of hydrazine groups is 1. The van der Waals surface area contributed by atoms with E-state index >= 15 is 0 Å². The van der Waals surface area contributed by atoms with Crippen molar-refractivity contribution < 1.29 is 19.8 Å². The highest BCUT2D eigenvalue weighted by Crippen LogP contribution is 2.39. The van der Waals surface area contributed by atoms with Gasteiger partial charge in [-0.25, -0.2) is 0 Å². The molecule has 2 heterocycles. The number of likely N-dealkylation sites (N-methyl/N-ethyl adjacent to an activating group) is 1. The summed E-state index contributed by atoms with van der Waals surface area (Å²) in [6.45, 7) is 3.92. The van der Waals surface area contributed by atoms with Crippen LogP contribution in [0.2, 0.25) is 0 Å². The predicted molar refractivity (Wildman–Crippen MR) is 92.2 cm³/mol. The fraction of sp³-hybridized carbons (Fsp3) is 0.556. The third-order valence-electron chi connectivity index (χ3n) is 5.00. The van der Waals surface area contributed by atoms with Crippen LogP contribution in [-0.4, -0.2) is 45.3 Å². The molecule has 0 radical (unpaired) electrons. The lowest BCUT2D eigenvalue weighted by Crippen LogP contribution is -2.79. The minimum atomic E-state index is -1.40. The van der Waals surface area contributed by atoms with Gasteiger partial charge in [0.25, 0.3) is 5.56 Å². The Morgan fingerprint density at radius 2 is 1.77 bits per heavy atom. The molecule has 0 saturated heterocycles. The molecule has 26 heavy (non-hydrogen) atoms. The predicted octanol–water partition coefficient (Wildman–Crippen LogP) is -1.93. The Bertz CT molecular complexity index is 889. The van der Waals surface area contributed by atoms with E-state index in [0.717, 1.165) is 12.8 Å². The Labute approximate surface area is 151 Å². The van der Waals surface area contributed by atoms with Crippen LogP contribution in [0, 0.1) is 0 Å². The first-order valence-electron chi connectivity index (χ1n) is 8.96. The molecule has 2 atom stereocenters. The second kappa shape index (κ2) is 6.68. The fourth-order valence-corrected chi connectivity index (χ4v) is 3.76. The van der Waals surface area contributed by atoms with Gasteiger partial charge in [-0.15, -0.1) is 10.1 Å². The number of hydrazone groups is 1. The molecule has 1 fully saturated rings. The third kappa shape index (κ3) is 2.56. The Hall–Kier alpha value is -2.48. The van der Waals surface area contributed by atoms with Crippen molar-refractivity contribution in [2.75, 3.05) is 7.05 Å². The normalized spacial score (nSPS) is 25.7. The summed E-state index contributed by atoms with van der Waals surface area (Å²) in [5, 5.41) is 20.1. The van der Waals surface area contributed by atoms with Crippen LogP contribution in [0.3, 0.4) is 0 Å². The molecule has 1 aliphatic carbocycles. The van der Waals surface area contributed by atoms with E-state index in [4.69, 9.17) is 0 Å². The van der Waals surface area contributed by atoms with Crippen LogP contribution < -0.4 is 15.8 Å². The van der Waals surface area contributed by atoms with Gasteiger partial charge in [0.15, 0.2) is 5.78 Å². The fourth-order valence-electron chi connectivity index (χ4n) is 3.76. The molecule has 2 unspecified atom stereocenters. The van der Waals surface area contributed by atoms with Crippen molar-refractivity contribution in [2.24, 2.45) is 7.05 Å². The lowest BCUT2D eigenvalue weighted by atomic mass is 9.68. The van der Waals surface area contributed by atoms with Gasteiger partial charge in [-0.2, -0.15) is 0 Å². The number of hydrogen-bond donors (Lipinski definition) is 2. The molecule has 1 aliphatic heterocycles. The summed E-state index contributed by atoms with van der Waals surface area (Å²) < 4.78 is 1.30. The van der Waals surface area contributed by atoms with Crippen LogP contribution in [0.4, 0.5) is 0 Å². The Kier molecular flexibility index (Phi) is 4.70. The smallest absolute Gasteiger partial charge is 0.314 e. The molecule has 8 nitrogen and oxygen atoms in total. The summed E-state index contributed by atoms with van der Waals surface area (Å²) >= 11 is 0. The summed E-state index contributed by atoms with van der Waals surface area (Å²) in [6, 6.07) is 0. The second-order valence-corrected chi connectivity index (χ2v) is 6.87. The molecule has 1 amide bonds. The van der Waals surface area contributed by atoms with Gasteiger partial charge >= 0.3 is 5.91 Å². The number of aromatic nitrogens is 2. The SMILES string of the molecule is CCCC1=[NH+]N(C)C(=O)C1=C1C(=O)C(c2c(CCC)[nH]n(C)c2=O)C1[O-]. The number of H-pyrrole nitrogens is 1. The third-order valence-corrected chi connectivity index (χ3v) is 5.00. The molecule has 2 N–H and O–H groups in total. The number of carbonyl (C=O) groups is 2. The number of hydrogen-bond acceptors (Lipinski definition) is 4. The molecule has 1 aromatic rings. The Morgan fingerprint density at radius 1 is 1.12 bits per heavy atom.